The Kier molecular flexibility index (Phi) is 7.51. The van der Waals surface area contributed by atoms with Crippen LogP contribution in [0.4, 0.5) is 0 Å². The van der Waals surface area contributed by atoms with Gasteiger partial charge in [-0.1, -0.05) is 23.7 Å². The fourth-order valence-corrected chi connectivity index (χ4v) is 5.42. The lowest BCUT2D eigenvalue weighted by Crippen LogP contribution is -2.56. The van der Waals surface area contributed by atoms with Gasteiger partial charge in [-0.2, -0.15) is 5.10 Å². The lowest BCUT2D eigenvalue weighted by Gasteiger charge is -2.45. The number of fused-ring (bicyclic) bond motifs is 1. The van der Waals surface area contributed by atoms with Crippen molar-refractivity contribution < 1.29 is 19.0 Å². The van der Waals surface area contributed by atoms with Crippen LogP contribution in [0.15, 0.2) is 24.3 Å². The molecule has 2 aromatic heterocycles. The molecule has 1 aromatic carbocycles. The number of nitrogens with zero attached hydrogens (tertiary/aromatic N) is 5. The maximum absolute atomic E-state index is 13.8. The third-order valence-corrected chi connectivity index (χ3v) is 6.61. The Bertz CT molecular complexity index is 1310. The number of carbonyl (C=O) groups is 1. The van der Waals surface area contributed by atoms with E-state index in [2.05, 4.69) is 4.98 Å². The van der Waals surface area contributed by atoms with Crippen molar-refractivity contribution in [1.29, 1.82) is 0 Å². The zero-order valence-corrected chi connectivity index (χ0v) is 24.5. The van der Waals surface area contributed by atoms with E-state index in [1.165, 1.54) is 0 Å². The van der Waals surface area contributed by atoms with Crippen molar-refractivity contribution in [3.63, 3.8) is 0 Å². The Morgan fingerprint density at radius 3 is 2.29 bits per heavy atom. The van der Waals surface area contributed by atoms with Gasteiger partial charge in [0.1, 0.15) is 10.9 Å². The molecule has 3 heterocycles. The van der Waals surface area contributed by atoms with E-state index >= 15 is 0 Å². The first kappa shape index (κ1) is 28.3. The van der Waals surface area contributed by atoms with Gasteiger partial charge in [-0.05, 0) is 73.1 Å². The third-order valence-electron chi connectivity index (χ3n) is 6.34. The van der Waals surface area contributed by atoms with Crippen LogP contribution in [0, 0.1) is 0 Å². The molecule has 1 saturated heterocycles. The number of methoxy groups -OCH3 is 1. The van der Waals surface area contributed by atoms with Crippen LogP contribution in [0.1, 0.15) is 77.3 Å². The number of hydrogen-bond acceptors (Lipinski definition) is 7. The van der Waals surface area contributed by atoms with Gasteiger partial charge in [0.2, 0.25) is 5.82 Å². The molecule has 0 bridgehead atoms. The molecule has 0 N–H and O–H groups in total. The Morgan fingerprint density at radius 2 is 1.76 bits per heavy atom. The van der Waals surface area contributed by atoms with Gasteiger partial charge in [-0.3, -0.25) is 4.79 Å². The largest absolute Gasteiger partial charge is 0.497 e. The molecule has 0 spiro atoms. The van der Waals surface area contributed by atoms with E-state index in [0.29, 0.717) is 36.3 Å². The number of ether oxygens (including phenoxy) is 3. The van der Waals surface area contributed by atoms with Gasteiger partial charge >= 0.3 is 0 Å². The second-order valence-corrected chi connectivity index (χ2v) is 12.5. The summed E-state index contributed by atoms with van der Waals surface area (Å²) in [4.78, 5) is 24.8. The number of aromatic nitrogens is 4. The zero-order chi connectivity index (χ0) is 28.0. The fraction of sp³-hybridized carbons (Fsp3) is 0.571. The van der Waals surface area contributed by atoms with Gasteiger partial charge in [-0.15, -0.1) is 0 Å². The van der Waals surface area contributed by atoms with E-state index in [9.17, 15) is 4.79 Å². The fourth-order valence-electron chi connectivity index (χ4n) is 5.15. The summed E-state index contributed by atoms with van der Waals surface area (Å²) in [5, 5.41) is 5.68. The van der Waals surface area contributed by atoms with Gasteiger partial charge in [-0.25, -0.2) is 14.6 Å². The van der Waals surface area contributed by atoms with E-state index in [4.69, 9.17) is 35.9 Å². The molecule has 0 radical (unpaired) electrons. The minimum Gasteiger partial charge on any atom is -0.497 e. The number of halogens is 1. The number of rotatable bonds is 6. The molecule has 4 rings (SSSR count). The summed E-state index contributed by atoms with van der Waals surface area (Å²) in [6.07, 6.45) is 0.286. The molecule has 9 nitrogen and oxygen atoms in total. The zero-order valence-electron chi connectivity index (χ0n) is 23.8. The standard InChI is InChI=1S/C28H38ClN5O4/c1-26(2,3)34(27(4,5)6)25(35)23-30-22(29)21-20(14-19-16-37-28(7,8)38-19)32-33(24(21)31-23)15-17-10-12-18(36-9)13-11-17/h10-13,19H,14-16H2,1-9H3. The number of hydrogen-bond donors (Lipinski definition) is 0. The Morgan fingerprint density at radius 1 is 1.13 bits per heavy atom. The first-order chi connectivity index (χ1) is 17.6. The Hall–Kier alpha value is -2.75. The smallest absolute Gasteiger partial charge is 0.292 e. The molecule has 10 heteroatoms. The van der Waals surface area contributed by atoms with Crippen molar-refractivity contribution in [3.05, 3.63) is 46.5 Å². The quantitative estimate of drug-likeness (QED) is 0.391. The molecular formula is C28H38ClN5O4. The number of carbonyl (C=O) groups excluding carboxylic acids is 1. The van der Waals surface area contributed by atoms with E-state index in [1.807, 2.05) is 79.7 Å². The topological polar surface area (TPSA) is 91.6 Å². The lowest BCUT2D eigenvalue weighted by atomic mass is 9.95. The second-order valence-electron chi connectivity index (χ2n) is 12.1. The molecule has 206 valence electrons. The summed E-state index contributed by atoms with van der Waals surface area (Å²) in [5.74, 6) is -0.142. The summed E-state index contributed by atoms with van der Waals surface area (Å²) in [6.45, 7) is 16.6. The molecule has 1 amide bonds. The molecule has 0 saturated carbocycles. The Labute approximate surface area is 229 Å². The minimum atomic E-state index is -0.657. The van der Waals surface area contributed by atoms with Crippen LogP contribution in [0.5, 0.6) is 5.75 Å². The van der Waals surface area contributed by atoms with Crippen LogP contribution in [-0.2, 0) is 22.4 Å². The van der Waals surface area contributed by atoms with Gasteiger partial charge in [0, 0.05) is 17.5 Å². The SMILES string of the molecule is COc1ccc(Cn2nc(CC3COC(C)(C)O3)c3c(Cl)nc(C(=O)N(C(C)(C)C)C(C)(C)C)nc32)cc1. The average Bonchev–Trinajstić information content (AvgIpc) is 3.31. The van der Waals surface area contributed by atoms with Crippen molar-refractivity contribution in [2.45, 2.75) is 91.3 Å². The normalized spacial score (nSPS) is 17.7. The van der Waals surface area contributed by atoms with Gasteiger partial charge in [0.05, 0.1) is 37.4 Å². The van der Waals surface area contributed by atoms with Crippen LogP contribution < -0.4 is 4.74 Å². The number of amides is 1. The highest BCUT2D eigenvalue weighted by atomic mass is 35.5. The molecular weight excluding hydrogens is 506 g/mol. The predicted molar refractivity (Wildman–Crippen MR) is 147 cm³/mol. The first-order valence-electron chi connectivity index (χ1n) is 12.8. The van der Waals surface area contributed by atoms with E-state index < -0.39 is 16.9 Å². The summed E-state index contributed by atoms with van der Waals surface area (Å²) < 4.78 is 18.8. The van der Waals surface area contributed by atoms with Crippen LogP contribution in [0.2, 0.25) is 5.15 Å². The summed E-state index contributed by atoms with van der Waals surface area (Å²) in [7, 11) is 1.63. The average molecular weight is 544 g/mol. The van der Waals surface area contributed by atoms with Crippen LogP contribution >= 0.6 is 11.6 Å². The van der Waals surface area contributed by atoms with E-state index in [0.717, 1.165) is 11.3 Å². The summed E-state index contributed by atoms with van der Waals surface area (Å²) in [5.41, 5.74) is 1.28. The summed E-state index contributed by atoms with van der Waals surface area (Å²) in [6, 6.07) is 7.74. The number of benzene rings is 1. The lowest BCUT2D eigenvalue weighted by molar-refractivity contribution is -0.138. The maximum Gasteiger partial charge on any atom is 0.292 e. The van der Waals surface area contributed by atoms with Crippen molar-refractivity contribution in [3.8, 4) is 5.75 Å². The second kappa shape index (κ2) is 10.1. The predicted octanol–water partition coefficient (Wildman–Crippen LogP) is 5.27. The van der Waals surface area contributed by atoms with Gasteiger partial charge < -0.3 is 19.1 Å². The highest BCUT2D eigenvalue weighted by Gasteiger charge is 2.38. The highest BCUT2D eigenvalue weighted by Crippen LogP contribution is 2.32. The minimum absolute atomic E-state index is 0.0383. The van der Waals surface area contributed by atoms with Crippen molar-refractivity contribution in [2.24, 2.45) is 0 Å². The highest BCUT2D eigenvalue weighted by molar-refractivity contribution is 6.34. The van der Waals surface area contributed by atoms with Gasteiger partial charge in [0.25, 0.3) is 5.91 Å². The monoisotopic (exact) mass is 543 g/mol. The van der Waals surface area contributed by atoms with E-state index in [-0.39, 0.29) is 23.0 Å². The third kappa shape index (κ3) is 5.95. The van der Waals surface area contributed by atoms with Crippen molar-refractivity contribution in [2.75, 3.05) is 13.7 Å². The van der Waals surface area contributed by atoms with Crippen LogP contribution in [0.25, 0.3) is 11.0 Å². The first-order valence-corrected chi connectivity index (χ1v) is 13.2. The van der Waals surface area contributed by atoms with Crippen LogP contribution in [0.3, 0.4) is 0 Å². The molecule has 1 unspecified atom stereocenters. The van der Waals surface area contributed by atoms with E-state index in [1.54, 1.807) is 16.7 Å². The molecule has 1 atom stereocenters. The molecule has 1 fully saturated rings. The van der Waals surface area contributed by atoms with Crippen LogP contribution in [-0.4, -0.2) is 67.2 Å². The molecule has 1 aliphatic rings. The van der Waals surface area contributed by atoms with Crippen molar-refractivity contribution >= 4 is 28.5 Å². The Balaban J connectivity index is 1.81. The summed E-state index contributed by atoms with van der Waals surface area (Å²) >= 11 is 6.78. The molecule has 1 aliphatic heterocycles. The van der Waals surface area contributed by atoms with Gasteiger partial charge in [0.15, 0.2) is 11.4 Å². The molecule has 3 aromatic rings. The molecule has 38 heavy (non-hydrogen) atoms. The van der Waals surface area contributed by atoms with Crippen molar-refractivity contribution in [1.82, 2.24) is 24.6 Å². The maximum atomic E-state index is 13.8. The molecule has 0 aliphatic carbocycles.